The average Bonchev–Trinajstić information content (AvgIpc) is 3.03. The number of hydrogen-bond donors (Lipinski definition) is 2. The Morgan fingerprint density at radius 3 is 2.43 bits per heavy atom. The number of nitrogens with one attached hydrogen (secondary N) is 2. The Morgan fingerprint density at radius 2 is 1.82 bits per heavy atom. The van der Waals surface area contributed by atoms with Crippen molar-refractivity contribution in [1.29, 1.82) is 0 Å². The molecule has 148 valence electrons. The van der Waals surface area contributed by atoms with Crippen LogP contribution in [0.3, 0.4) is 0 Å². The van der Waals surface area contributed by atoms with Crippen molar-refractivity contribution in [2.24, 2.45) is 0 Å². The van der Waals surface area contributed by atoms with Gasteiger partial charge in [-0.05, 0) is 37.1 Å². The molecule has 0 radical (unpaired) electrons. The minimum Gasteiger partial charge on any atom is -0.497 e. The zero-order valence-corrected chi connectivity index (χ0v) is 15.9. The van der Waals surface area contributed by atoms with Gasteiger partial charge in [-0.15, -0.1) is 0 Å². The summed E-state index contributed by atoms with van der Waals surface area (Å²) in [6.45, 7) is 2.09. The molecule has 0 spiro atoms. The lowest BCUT2D eigenvalue weighted by Crippen LogP contribution is -2.43. The molecule has 7 nitrogen and oxygen atoms in total. The number of anilines is 2. The molecular weight excluding hydrogens is 365 g/mol. The molecule has 1 saturated heterocycles. The highest BCUT2D eigenvalue weighted by Gasteiger charge is 2.33. The molecule has 2 aromatic rings. The number of carbonyl (C=O) groups is 2. The quantitative estimate of drug-likeness (QED) is 0.826. The van der Waals surface area contributed by atoms with E-state index in [4.69, 9.17) is 9.47 Å². The Hall–Kier alpha value is -3.29. The third kappa shape index (κ3) is 4.16. The summed E-state index contributed by atoms with van der Waals surface area (Å²) in [5, 5.41) is 5.36. The van der Waals surface area contributed by atoms with Crippen molar-refractivity contribution in [3.8, 4) is 11.5 Å². The summed E-state index contributed by atoms with van der Waals surface area (Å²) in [5.74, 6) is 0.511. The highest BCUT2D eigenvalue weighted by molar-refractivity contribution is 6.02. The largest absolute Gasteiger partial charge is 0.497 e. The number of aryl methyl sites for hydroxylation is 1. The lowest BCUT2D eigenvalue weighted by atomic mass is 10.2. The van der Waals surface area contributed by atoms with E-state index in [1.807, 2.05) is 0 Å². The van der Waals surface area contributed by atoms with Gasteiger partial charge in [0.25, 0.3) is 0 Å². The lowest BCUT2D eigenvalue weighted by molar-refractivity contribution is -0.118. The summed E-state index contributed by atoms with van der Waals surface area (Å²) < 4.78 is 23.8. The van der Waals surface area contributed by atoms with Crippen molar-refractivity contribution in [3.05, 3.63) is 47.8 Å². The second kappa shape index (κ2) is 8.16. The van der Waals surface area contributed by atoms with Gasteiger partial charge in [0.2, 0.25) is 5.91 Å². The van der Waals surface area contributed by atoms with E-state index in [1.165, 1.54) is 20.3 Å². The van der Waals surface area contributed by atoms with E-state index < -0.39 is 12.1 Å². The van der Waals surface area contributed by atoms with Crippen LogP contribution in [-0.4, -0.2) is 38.7 Å². The molecule has 1 heterocycles. The highest BCUT2D eigenvalue weighted by atomic mass is 19.1. The van der Waals surface area contributed by atoms with Crippen molar-refractivity contribution < 1.29 is 23.5 Å². The van der Waals surface area contributed by atoms with Gasteiger partial charge in [-0.25, -0.2) is 9.18 Å². The zero-order valence-electron chi connectivity index (χ0n) is 15.9. The minimum atomic E-state index is -0.655. The topological polar surface area (TPSA) is 79.9 Å². The first-order valence-corrected chi connectivity index (χ1v) is 8.79. The number of nitrogens with zero attached hydrogens (tertiary/aromatic N) is 1. The number of urea groups is 1. The molecule has 3 amide bonds. The molecule has 0 bridgehead atoms. The molecule has 0 unspecified atom stereocenters. The van der Waals surface area contributed by atoms with Crippen molar-refractivity contribution in [2.75, 3.05) is 31.0 Å². The molecule has 28 heavy (non-hydrogen) atoms. The van der Waals surface area contributed by atoms with E-state index in [0.29, 0.717) is 41.4 Å². The zero-order chi connectivity index (χ0) is 20.3. The van der Waals surface area contributed by atoms with Crippen LogP contribution in [0.5, 0.6) is 11.5 Å². The summed E-state index contributed by atoms with van der Waals surface area (Å²) in [6, 6.07) is 8.33. The van der Waals surface area contributed by atoms with Crippen LogP contribution in [0.25, 0.3) is 0 Å². The van der Waals surface area contributed by atoms with Crippen LogP contribution in [0.1, 0.15) is 12.0 Å². The van der Waals surface area contributed by atoms with Crippen molar-refractivity contribution in [2.45, 2.75) is 19.4 Å². The van der Waals surface area contributed by atoms with Crippen LogP contribution in [0.2, 0.25) is 0 Å². The SMILES string of the molecule is COc1cc(NC(=O)N[C@@H]2CCN(c3ccc(F)c(C)c3)C2=O)cc(OC)c1. The van der Waals surface area contributed by atoms with E-state index in [1.54, 1.807) is 42.2 Å². The number of rotatable bonds is 5. The fraction of sp³-hybridized carbons (Fsp3) is 0.300. The number of carbonyl (C=O) groups excluding carboxylic acids is 2. The predicted octanol–water partition coefficient (Wildman–Crippen LogP) is 3.08. The van der Waals surface area contributed by atoms with Crippen molar-refractivity contribution in [1.82, 2.24) is 5.32 Å². The molecule has 1 aliphatic rings. The van der Waals surface area contributed by atoms with Crippen LogP contribution < -0.4 is 25.0 Å². The molecule has 3 rings (SSSR count). The van der Waals surface area contributed by atoms with Gasteiger partial charge in [-0.2, -0.15) is 0 Å². The van der Waals surface area contributed by atoms with Crippen molar-refractivity contribution >= 4 is 23.3 Å². The highest BCUT2D eigenvalue weighted by Crippen LogP contribution is 2.26. The summed E-state index contributed by atoms with van der Waals surface area (Å²) in [4.78, 5) is 26.5. The molecule has 1 atom stereocenters. The monoisotopic (exact) mass is 387 g/mol. The first-order valence-electron chi connectivity index (χ1n) is 8.79. The Balaban J connectivity index is 1.65. The third-order valence-electron chi connectivity index (χ3n) is 4.57. The number of methoxy groups -OCH3 is 2. The van der Waals surface area contributed by atoms with Crippen LogP contribution in [0.15, 0.2) is 36.4 Å². The third-order valence-corrected chi connectivity index (χ3v) is 4.57. The first-order chi connectivity index (χ1) is 13.4. The second-order valence-electron chi connectivity index (χ2n) is 6.46. The molecule has 1 fully saturated rings. The fourth-order valence-corrected chi connectivity index (χ4v) is 3.07. The molecule has 1 aliphatic heterocycles. The summed E-state index contributed by atoms with van der Waals surface area (Å²) in [6.07, 6.45) is 0.462. The van der Waals surface area contributed by atoms with Gasteiger partial charge in [0.15, 0.2) is 0 Å². The average molecular weight is 387 g/mol. The lowest BCUT2D eigenvalue weighted by Gasteiger charge is -2.18. The van der Waals surface area contributed by atoms with Crippen molar-refractivity contribution in [3.63, 3.8) is 0 Å². The number of ether oxygens (including phenoxy) is 2. The maximum Gasteiger partial charge on any atom is 0.319 e. The molecule has 2 N–H and O–H groups in total. The Morgan fingerprint density at radius 1 is 1.14 bits per heavy atom. The van der Waals surface area contributed by atoms with Crippen LogP contribution in [-0.2, 0) is 4.79 Å². The number of halogens is 1. The van der Waals surface area contributed by atoms with Gasteiger partial charge in [-0.1, -0.05) is 0 Å². The van der Waals surface area contributed by atoms with Gasteiger partial charge in [0, 0.05) is 36.1 Å². The van der Waals surface area contributed by atoms with Crippen LogP contribution in [0.4, 0.5) is 20.6 Å². The van der Waals surface area contributed by atoms with Gasteiger partial charge in [0.05, 0.1) is 14.2 Å². The van der Waals surface area contributed by atoms with Gasteiger partial charge in [0.1, 0.15) is 23.4 Å². The van der Waals surface area contributed by atoms with Crippen LogP contribution in [0, 0.1) is 12.7 Å². The van der Waals surface area contributed by atoms with E-state index >= 15 is 0 Å². The predicted molar refractivity (Wildman–Crippen MR) is 104 cm³/mol. The smallest absolute Gasteiger partial charge is 0.319 e. The number of benzene rings is 2. The second-order valence-corrected chi connectivity index (χ2v) is 6.46. The van der Waals surface area contributed by atoms with Gasteiger partial charge in [-0.3, -0.25) is 4.79 Å². The molecule has 8 heteroatoms. The van der Waals surface area contributed by atoms with E-state index in [9.17, 15) is 14.0 Å². The summed E-state index contributed by atoms with van der Waals surface area (Å²) in [7, 11) is 3.03. The number of amides is 3. The minimum absolute atomic E-state index is 0.232. The summed E-state index contributed by atoms with van der Waals surface area (Å²) in [5.41, 5.74) is 1.56. The van der Waals surface area contributed by atoms with E-state index in [0.717, 1.165) is 0 Å². The fourth-order valence-electron chi connectivity index (χ4n) is 3.07. The van der Waals surface area contributed by atoms with Gasteiger partial charge >= 0.3 is 6.03 Å². The normalized spacial score (nSPS) is 16.1. The first kappa shape index (κ1) is 19.5. The Kier molecular flexibility index (Phi) is 5.67. The van der Waals surface area contributed by atoms with Gasteiger partial charge < -0.3 is 25.0 Å². The molecule has 2 aromatic carbocycles. The van der Waals surface area contributed by atoms with E-state index in [2.05, 4.69) is 10.6 Å². The standard InChI is InChI=1S/C20H22FN3O4/c1-12-8-14(4-5-17(12)21)24-7-6-18(19(24)25)23-20(26)22-13-9-15(27-2)11-16(10-13)28-3/h4-5,8-11,18H,6-7H2,1-3H3,(H2,22,23,26)/t18-/m1/s1. The molecule has 0 aliphatic carbocycles. The van der Waals surface area contributed by atoms with E-state index in [-0.39, 0.29) is 11.7 Å². The van der Waals surface area contributed by atoms with Crippen LogP contribution >= 0.6 is 0 Å². The maximum absolute atomic E-state index is 13.5. The molecule has 0 aromatic heterocycles. The Labute approximate surface area is 162 Å². The molecular formula is C20H22FN3O4. The molecule has 0 saturated carbocycles. The maximum atomic E-state index is 13.5. The summed E-state index contributed by atoms with van der Waals surface area (Å²) >= 11 is 0. The number of hydrogen-bond acceptors (Lipinski definition) is 4. The Bertz CT molecular complexity index is 881.